The highest BCUT2D eigenvalue weighted by molar-refractivity contribution is 6.30. The van der Waals surface area contributed by atoms with Gasteiger partial charge in [0.15, 0.2) is 0 Å². The molecule has 3 nitrogen and oxygen atoms in total. The van der Waals surface area contributed by atoms with E-state index in [1.807, 2.05) is 0 Å². The van der Waals surface area contributed by atoms with Crippen LogP contribution >= 0.6 is 11.6 Å². The molecular formula is C10H15ClF3NO2. The van der Waals surface area contributed by atoms with Crippen LogP contribution in [0.25, 0.3) is 0 Å². The number of aliphatic hydroxyl groups is 1. The Labute approximate surface area is 103 Å². The molecular weight excluding hydrogens is 259 g/mol. The zero-order chi connectivity index (χ0) is 13.3. The number of amides is 1. The monoisotopic (exact) mass is 273 g/mol. The van der Waals surface area contributed by atoms with Crippen LogP contribution in [-0.4, -0.2) is 47.2 Å². The van der Waals surface area contributed by atoms with Crippen LogP contribution < -0.4 is 0 Å². The summed E-state index contributed by atoms with van der Waals surface area (Å²) in [6.45, 7) is 0.172. The molecule has 1 heterocycles. The van der Waals surface area contributed by atoms with E-state index >= 15 is 0 Å². The van der Waals surface area contributed by atoms with Crippen molar-refractivity contribution in [3.8, 4) is 0 Å². The van der Waals surface area contributed by atoms with Crippen LogP contribution in [0.1, 0.15) is 19.8 Å². The van der Waals surface area contributed by atoms with Gasteiger partial charge in [-0.1, -0.05) is 6.92 Å². The molecule has 0 spiro atoms. The number of alkyl halides is 4. The van der Waals surface area contributed by atoms with Crippen LogP contribution in [0.4, 0.5) is 13.2 Å². The van der Waals surface area contributed by atoms with Gasteiger partial charge >= 0.3 is 6.18 Å². The number of aliphatic hydroxyl groups excluding tert-OH is 1. The SMILES string of the molecule is CC[C@@H](Cl)C(=O)N1CC[C@@](CO)(C(F)(F)F)C1. The van der Waals surface area contributed by atoms with Gasteiger partial charge in [0.2, 0.25) is 5.91 Å². The minimum absolute atomic E-state index is 0.0118. The number of hydrogen-bond donors (Lipinski definition) is 1. The van der Waals surface area contributed by atoms with E-state index in [1.165, 1.54) is 0 Å². The van der Waals surface area contributed by atoms with Crippen molar-refractivity contribution in [3.05, 3.63) is 0 Å². The minimum atomic E-state index is -4.51. The summed E-state index contributed by atoms with van der Waals surface area (Å²) in [4.78, 5) is 12.7. The molecule has 1 aliphatic heterocycles. The molecule has 1 fully saturated rings. The molecule has 2 atom stereocenters. The summed E-state index contributed by atoms with van der Waals surface area (Å²) < 4.78 is 38.4. The van der Waals surface area contributed by atoms with Crippen molar-refractivity contribution in [2.45, 2.75) is 31.3 Å². The molecule has 0 unspecified atom stereocenters. The predicted molar refractivity (Wildman–Crippen MR) is 56.7 cm³/mol. The van der Waals surface area contributed by atoms with Crippen LogP contribution in [0.5, 0.6) is 0 Å². The first-order valence-corrected chi connectivity index (χ1v) is 5.81. The Morgan fingerprint density at radius 1 is 1.59 bits per heavy atom. The van der Waals surface area contributed by atoms with E-state index in [1.54, 1.807) is 6.92 Å². The first-order valence-electron chi connectivity index (χ1n) is 5.38. The first kappa shape index (κ1) is 14.6. The molecule has 0 saturated carbocycles. The van der Waals surface area contributed by atoms with E-state index in [4.69, 9.17) is 16.7 Å². The molecule has 0 radical (unpaired) electrons. The third-order valence-electron chi connectivity index (χ3n) is 3.20. The van der Waals surface area contributed by atoms with Crippen LogP contribution in [-0.2, 0) is 4.79 Å². The van der Waals surface area contributed by atoms with Crippen LogP contribution in [0.3, 0.4) is 0 Å². The van der Waals surface area contributed by atoms with Crippen molar-refractivity contribution >= 4 is 17.5 Å². The molecule has 1 aliphatic rings. The van der Waals surface area contributed by atoms with E-state index in [2.05, 4.69) is 0 Å². The number of carbonyl (C=O) groups excluding carboxylic acids is 1. The largest absolute Gasteiger partial charge is 0.398 e. The number of nitrogens with zero attached hydrogens (tertiary/aromatic N) is 1. The Morgan fingerprint density at radius 3 is 2.53 bits per heavy atom. The first-order chi connectivity index (χ1) is 7.77. The molecule has 1 amide bonds. The standard InChI is InChI=1S/C10H15ClF3NO2/c1-2-7(11)8(17)15-4-3-9(5-15,6-16)10(12,13)14/h7,16H,2-6H2,1H3/t7-,9-/m1/s1. The maximum atomic E-state index is 12.8. The molecule has 1 rings (SSSR count). The lowest BCUT2D eigenvalue weighted by atomic mass is 9.87. The quantitative estimate of drug-likeness (QED) is 0.797. The van der Waals surface area contributed by atoms with Crippen LogP contribution in [0.2, 0.25) is 0 Å². The van der Waals surface area contributed by atoms with Gasteiger partial charge < -0.3 is 10.0 Å². The van der Waals surface area contributed by atoms with Gasteiger partial charge in [-0.25, -0.2) is 0 Å². The van der Waals surface area contributed by atoms with Crippen molar-refractivity contribution in [3.63, 3.8) is 0 Å². The van der Waals surface area contributed by atoms with Crippen LogP contribution in [0, 0.1) is 5.41 Å². The van der Waals surface area contributed by atoms with Crippen molar-refractivity contribution in [2.75, 3.05) is 19.7 Å². The summed E-state index contributed by atoms with van der Waals surface area (Å²) in [6, 6.07) is 0. The summed E-state index contributed by atoms with van der Waals surface area (Å²) in [5.41, 5.74) is -2.19. The van der Waals surface area contributed by atoms with E-state index in [0.29, 0.717) is 6.42 Å². The van der Waals surface area contributed by atoms with Gasteiger partial charge in [-0.15, -0.1) is 11.6 Å². The fraction of sp³-hybridized carbons (Fsp3) is 0.900. The zero-order valence-electron chi connectivity index (χ0n) is 9.43. The van der Waals surface area contributed by atoms with Gasteiger partial charge in [0.1, 0.15) is 10.8 Å². The molecule has 7 heteroatoms. The fourth-order valence-corrected chi connectivity index (χ4v) is 2.02. The Morgan fingerprint density at radius 2 is 2.18 bits per heavy atom. The summed E-state index contributed by atoms with van der Waals surface area (Å²) in [5, 5.41) is 8.16. The van der Waals surface area contributed by atoms with Gasteiger partial charge in [0, 0.05) is 13.1 Å². The molecule has 1 N–H and O–H groups in total. The second kappa shape index (κ2) is 5.02. The molecule has 0 aromatic rings. The van der Waals surface area contributed by atoms with E-state index in [-0.39, 0.29) is 13.0 Å². The van der Waals surface area contributed by atoms with Gasteiger partial charge in [-0.2, -0.15) is 13.2 Å². The van der Waals surface area contributed by atoms with Crippen molar-refractivity contribution in [2.24, 2.45) is 5.41 Å². The van der Waals surface area contributed by atoms with Gasteiger partial charge in [-0.05, 0) is 12.8 Å². The predicted octanol–water partition coefficient (Wildman–Crippen LogP) is 1.78. The Hall–Kier alpha value is -0.490. The molecule has 0 aliphatic carbocycles. The summed E-state index contributed by atoms with van der Waals surface area (Å²) >= 11 is 5.71. The third-order valence-corrected chi connectivity index (χ3v) is 3.69. The topological polar surface area (TPSA) is 40.5 Å². The highest BCUT2D eigenvalue weighted by Crippen LogP contribution is 2.45. The average Bonchev–Trinajstić information content (AvgIpc) is 2.71. The molecule has 0 bridgehead atoms. The molecule has 17 heavy (non-hydrogen) atoms. The molecule has 1 saturated heterocycles. The van der Waals surface area contributed by atoms with Crippen molar-refractivity contribution in [1.29, 1.82) is 0 Å². The fourth-order valence-electron chi connectivity index (χ4n) is 1.88. The smallest absolute Gasteiger partial charge is 0.395 e. The second-order valence-electron chi connectivity index (χ2n) is 4.32. The minimum Gasteiger partial charge on any atom is -0.395 e. The zero-order valence-corrected chi connectivity index (χ0v) is 10.2. The number of hydrogen-bond acceptors (Lipinski definition) is 2. The normalized spacial score (nSPS) is 27.3. The van der Waals surface area contributed by atoms with Crippen molar-refractivity contribution in [1.82, 2.24) is 4.90 Å². The highest BCUT2D eigenvalue weighted by Gasteiger charge is 2.58. The van der Waals surface area contributed by atoms with Gasteiger partial charge in [-0.3, -0.25) is 4.79 Å². The summed E-state index contributed by atoms with van der Waals surface area (Å²) in [5.74, 6) is -0.492. The Balaban J connectivity index is 2.78. The molecule has 100 valence electrons. The Kier molecular flexibility index (Phi) is 4.30. The van der Waals surface area contributed by atoms with E-state index in [0.717, 1.165) is 4.90 Å². The lowest BCUT2D eigenvalue weighted by Crippen LogP contribution is -2.45. The van der Waals surface area contributed by atoms with E-state index < -0.39 is 36.0 Å². The number of carbonyl (C=O) groups is 1. The number of halogens is 4. The molecule has 0 aromatic carbocycles. The van der Waals surface area contributed by atoms with Gasteiger partial charge in [0.05, 0.1) is 6.61 Å². The Bertz CT molecular complexity index is 298. The third kappa shape index (κ3) is 2.68. The maximum absolute atomic E-state index is 12.8. The summed E-state index contributed by atoms with van der Waals surface area (Å²) in [6.07, 6.45) is -4.41. The lowest BCUT2D eigenvalue weighted by molar-refractivity contribution is -0.230. The molecule has 0 aromatic heterocycles. The number of rotatable bonds is 3. The lowest BCUT2D eigenvalue weighted by Gasteiger charge is -2.29. The number of likely N-dealkylation sites (tertiary alicyclic amines) is 1. The van der Waals surface area contributed by atoms with Crippen molar-refractivity contribution < 1.29 is 23.1 Å². The van der Waals surface area contributed by atoms with E-state index in [9.17, 15) is 18.0 Å². The second-order valence-corrected chi connectivity index (χ2v) is 4.85. The highest BCUT2D eigenvalue weighted by atomic mass is 35.5. The maximum Gasteiger partial charge on any atom is 0.398 e. The summed E-state index contributed by atoms with van der Waals surface area (Å²) in [7, 11) is 0. The van der Waals surface area contributed by atoms with Crippen LogP contribution in [0.15, 0.2) is 0 Å². The average molecular weight is 274 g/mol. The van der Waals surface area contributed by atoms with Gasteiger partial charge in [0.25, 0.3) is 0 Å².